The quantitative estimate of drug-likeness (QED) is 0.434. The highest BCUT2D eigenvalue weighted by Crippen LogP contribution is 2.28. The van der Waals surface area contributed by atoms with Crippen molar-refractivity contribution < 1.29 is 19.4 Å². The summed E-state index contributed by atoms with van der Waals surface area (Å²) in [5, 5.41) is 9.53. The van der Waals surface area contributed by atoms with Crippen LogP contribution in [0, 0.1) is 0 Å². The number of likely N-dealkylation sites (tertiary alicyclic amines) is 1. The third-order valence-electron chi connectivity index (χ3n) is 6.35. The number of carbonyl (C=O) groups excluding carboxylic acids is 1. The molecule has 0 radical (unpaired) electrons. The van der Waals surface area contributed by atoms with Crippen LogP contribution in [0.2, 0.25) is 0 Å². The highest BCUT2D eigenvalue weighted by atomic mass is 16.6. The first-order valence-electron chi connectivity index (χ1n) is 12.1. The van der Waals surface area contributed by atoms with Gasteiger partial charge in [-0.1, -0.05) is 42.5 Å². The number of aromatic nitrogens is 3. The fourth-order valence-corrected chi connectivity index (χ4v) is 4.67. The fraction of sp³-hybridized carbons (Fsp3) is 0.286. The van der Waals surface area contributed by atoms with Gasteiger partial charge in [0.1, 0.15) is 5.60 Å². The molecule has 2 aromatic carbocycles. The number of hydrogen-bond acceptors (Lipinski definition) is 5. The van der Waals surface area contributed by atoms with Gasteiger partial charge in [-0.15, -0.1) is 0 Å². The number of ether oxygens (including phenoxy) is 1. The number of benzene rings is 2. The van der Waals surface area contributed by atoms with Crippen molar-refractivity contribution in [1.82, 2.24) is 19.0 Å². The van der Waals surface area contributed by atoms with E-state index >= 15 is 0 Å². The Kier molecular flexibility index (Phi) is 6.07. The van der Waals surface area contributed by atoms with E-state index < -0.39 is 17.7 Å². The summed E-state index contributed by atoms with van der Waals surface area (Å²) in [7, 11) is 0. The number of fused-ring (bicyclic) bond motifs is 1. The monoisotopic (exact) mass is 500 g/mol. The van der Waals surface area contributed by atoms with Crippen molar-refractivity contribution in [2.75, 3.05) is 13.1 Å². The van der Waals surface area contributed by atoms with E-state index in [9.17, 15) is 19.5 Å². The van der Waals surface area contributed by atoms with Crippen LogP contribution in [0.15, 0.2) is 71.5 Å². The zero-order chi connectivity index (χ0) is 26.3. The molecule has 9 heteroatoms. The average molecular weight is 501 g/mol. The maximum Gasteiger partial charge on any atom is 0.410 e. The molecular formula is C28H28N4O5. The minimum absolute atomic E-state index is 0.153. The number of rotatable bonds is 4. The lowest BCUT2D eigenvalue weighted by Crippen LogP contribution is -2.36. The zero-order valence-corrected chi connectivity index (χ0v) is 20.9. The van der Waals surface area contributed by atoms with Crippen molar-refractivity contribution in [1.29, 1.82) is 0 Å². The average Bonchev–Trinajstić information content (AvgIpc) is 3.45. The summed E-state index contributed by atoms with van der Waals surface area (Å²) in [5.74, 6) is -1.18. The molecule has 0 bridgehead atoms. The van der Waals surface area contributed by atoms with Gasteiger partial charge in [0.05, 0.1) is 17.2 Å². The van der Waals surface area contributed by atoms with Crippen molar-refractivity contribution in [3.8, 4) is 16.8 Å². The molecule has 1 amide bonds. The minimum atomic E-state index is -1.18. The standard InChI is InChI=1S/C28H28N4O5/c1-28(2,3)37-27(36)30-16-15-21(17-30)32-24-23(14-13-22(29-24)25(33)34)31(26(32)35)20-11-9-19(10-12-20)18-7-5-4-6-8-18/h4-14,21H,15-17H2,1-3H3,(H,33,34). The molecule has 1 N–H and O–H groups in total. The lowest BCUT2D eigenvalue weighted by Gasteiger charge is -2.24. The third-order valence-corrected chi connectivity index (χ3v) is 6.35. The summed E-state index contributed by atoms with van der Waals surface area (Å²) in [6, 6.07) is 20.2. The molecule has 3 heterocycles. The van der Waals surface area contributed by atoms with Gasteiger partial charge in [-0.05, 0) is 62.6 Å². The Labute approximate surface area is 213 Å². The van der Waals surface area contributed by atoms with Crippen molar-refractivity contribution in [3.05, 3.63) is 82.9 Å². The van der Waals surface area contributed by atoms with E-state index in [1.807, 2.05) is 54.6 Å². The fourth-order valence-electron chi connectivity index (χ4n) is 4.67. The molecule has 1 saturated heterocycles. The van der Waals surface area contributed by atoms with Crippen LogP contribution >= 0.6 is 0 Å². The number of pyridine rings is 1. The van der Waals surface area contributed by atoms with Gasteiger partial charge < -0.3 is 14.7 Å². The van der Waals surface area contributed by atoms with Gasteiger partial charge in [-0.3, -0.25) is 9.13 Å². The van der Waals surface area contributed by atoms with E-state index in [-0.39, 0.29) is 29.6 Å². The van der Waals surface area contributed by atoms with Gasteiger partial charge in [0.2, 0.25) is 0 Å². The number of hydrogen-bond donors (Lipinski definition) is 1. The Morgan fingerprint density at radius 2 is 1.65 bits per heavy atom. The van der Waals surface area contributed by atoms with Gasteiger partial charge in [0.15, 0.2) is 11.3 Å². The van der Waals surface area contributed by atoms with Crippen LogP contribution in [0.25, 0.3) is 28.0 Å². The highest BCUT2D eigenvalue weighted by molar-refractivity contribution is 5.88. The Balaban J connectivity index is 1.57. The molecule has 1 unspecified atom stereocenters. The van der Waals surface area contributed by atoms with Crippen LogP contribution in [0.1, 0.15) is 43.7 Å². The largest absolute Gasteiger partial charge is 0.477 e. The number of amides is 1. The maximum absolute atomic E-state index is 13.8. The van der Waals surface area contributed by atoms with Crippen molar-refractivity contribution in [2.45, 2.75) is 38.8 Å². The van der Waals surface area contributed by atoms with Crippen molar-refractivity contribution in [2.24, 2.45) is 0 Å². The van der Waals surface area contributed by atoms with Crippen molar-refractivity contribution in [3.63, 3.8) is 0 Å². The molecular weight excluding hydrogens is 472 g/mol. The predicted octanol–water partition coefficient (Wildman–Crippen LogP) is 4.73. The molecule has 190 valence electrons. The minimum Gasteiger partial charge on any atom is -0.477 e. The Bertz CT molecular complexity index is 1530. The summed E-state index contributed by atoms with van der Waals surface area (Å²) in [5.41, 5.74) is 2.35. The molecule has 0 aliphatic carbocycles. The number of nitrogens with zero attached hydrogens (tertiary/aromatic N) is 4. The molecule has 0 saturated carbocycles. The van der Waals surface area contributed by atoms with Crippen LogP contribution in [0.4, 0.5) is 4.79 Å². The maximum atomic E-state index is 13.8. The summed E-state index contributed by atoms with van der Waals surface area (Å²) >= 11 is 0. The number of aromatic carboxylic acids is 1. The molecule has 9 nitrogen and oxygen atoms in total. The molecule has 2 aromatic heterocycles. The Morgan fingerprint density at radius 3 is 2.30 bits per heavy atom. The molecule has 0 spiro atoms. The van der Waals surface area contributed by atoms with Crippen LogP contribution in [-0.4, -0.2) is 54.9 Å². The third kappa shape index (κ3) is 4.72. The van der Waals surface area contributed by atoms with Crippen LogP contribution in [0.5, 0.6) is 0 Å². The van der Waals surface area contributed by atoms with Crippen LogP contribution in [-0.2, 0) is 4.74 Å². The lowest BCUT2D eigenvalue weighted by atomic mass is 10.1. The van der Waals surface area contributed by atoms with Gasteiger partial charge >= 0.3 is 17.8 Å². The normalized spacial score (nSPS) is 15.8. The molecule has 4 aromatic rings. The van der Waals surface area contributed by atoms with Gasteiger partial charge in [-0.25, -0.2) is 19.4 Å². The molecule has 5 rings (SSSR count). The van der Waals surface area contributed by atoms with Gasteiger partial charge in [0, 0.05) is 13.1 Å². The molecule has 37 heavy (non-hydrogen) atoms. The van der Waals surface area contributed by atoms with E-state index in [0.717, 1.165) is 11.1 Å². The summed E-state index contributed by atoms with van der Waals surface area (Å²) in [6.07, 6.45) is 0.0759. The van der Waals surface area contributed by atoms with E-state index in [1.54, 1.807) is 36.3 Å². The summed E-state index contributed by atoms with van der Waals surface area (Å²) < 4.78 is 8.55. The Morgan fingerprint density at radius 1 is 0.973 bits per heavy atom. The van der Waals surface area contributed by atoms with E-state index in [1.165, 1.54) is 10.6 Å². The second-order valence-electron chi connectivity index (χ2n) is 10.1. The van der Waals surface area contributed by atoms with E-state index in [0.29, 0.717) is 24.2 Å². The second-order valence-corrected chi connectivity index (χ2v) is 10.1. The lowest BCUT2D eigenvalue weighted by molar-refractivity contribution is 0.0288. The highest BCUT2D eigenvalue weighted by Gasteiger charge is 2.33. The Hall–Kier alpha value is -4.40. The van der Waals surface area contributed by atoms with Gasteiger partial charge in [0.25, 0.3) is 0 Å². The SMILES string of the molecule is CC(C)(C)OC(=O)N1CCC(n2c(=O)n(-c3ccc(-c4ccccc4)cc3)c3ccc(C(=O)O)nc32)C1. The van der Waals surface area contributed by atoms with E-state index in [2.05, 4.69) is 4.98 Å². The molecule has 1 aliphatic heterocycles. The predicted molar refractivity (Wildman–Crippen MR) is 139 cm³/mol. The smallest absolute Gasteiger partial charge is 0.410 e. The topological polar surface area (TPSA) is 107 Å². The number of carbonyl (C=O) groups is 2. The number of imidazole rings is 1. The molecule has 1 fully saturated rings. The first-order chi connectivity index (χ1) is 17.6. The van der Waals surface area contributed by atoms with Crippen LogP contribution in [0.3, 0.4) is 0 Å². The zero-order valence-electron chi connectivity index (χ0n) is 20.9. The number of carboxylic acids is 1. The van der Waals surface area contributed by atoms with Gasteiger partial charge in [-0.2, -0.15) is 0 Å². The van der Waals surface area contributed by atoms with Crippen LogP contribution < -0.4 is 5.69 Å². The van der Waals surface area contributed by atoms with E-state index in [4.69, 9.17) is 4.74 Å². The molecule has 1 atom stereocenters. The molecule has 1 aliphatic rings. The first kappa shape index (κ1) is 24.3. The summed E-state index contributed by atoms with van der Waals surface area (Å²) in [4.78, 5) is 44.0. The first-order valence-corrected chi connectivity index (χ1v) is 12.1. The number of carboxylic acid groups (broad SMARTS) is 1. The second kappa shape index (κ2) is 9.24. The summed E-state index contributed by atoms with van der Waals surface area (Å²) in [6.45, 7) is 6.09. The van der Waals surface area contributed by atoms with Crippen molar-refractivity contribution >= 4 is 23.2 Å².